The van der Waals surface area contributed by atoms with E-state index in [1.54, 1.807) is 6.07 Å². The zero-order valence-corrected chi connectivity index (χ0v) is 20.6. The Labute approximate surface area is 200 Å². The molecule has 1 aromatic heterocycles. The van der Waals surface area contributed by atoms with Gasteiger partial charge in [0.15, 0.2) is 0 Å². The van der Waals surface area contributed by atoms with Crippen molar-refractivity contribution in [1.29, 1.82) is 0 Å². The Morgan fingerprint density at radius 1 is 1.12 bits per heavy atom. The number of nitrogens with one attached hydrogen (secondary N) is 3. The number of rotatable bonds is 6. The highest BCUT2D eigenvalue weighted by atomic mass is 32.2. The van der Waals surface area contributed by atoms with E-state index in [4.69, 9.17) is 4.98 Å². The lowest BCUT2D eigenvalue weighted by Crippen LogP contribution is -2.43. The fourth-order valence-electron chi connectivity index (χ4n) is 4.50. The Balaban J connectivity index is 1.54. The molecule has 2 aromatic carbocycles. The van der Waals surface area contributed by atoms with Crippen molar-refractivity contribution in [3.63, 3.8) is 0 Å². The van der Waals surface area contributed by atoms with Gasteiger partial charge in [0, 0.05) is 41.3 Å². The summed E-state index contributed by atoms with van der Waals surface area (Å²) >= 11 is 1.46. The Hall–Kier alpha value is -2.77. The molecule has 174 valence electrons. The smallest absolute Gasteiger partial charge is 0.252 e. The highest BCUT2D eigenvalue weighted by Crippen LogP contribution is 2.29. The van der Waals surface area contributed by atoms with Crippen LogP contribution in [-0.2, 0) is 0 Å². The third-order valence-corrected chi connectivity index (χ3v) is 6.95. The Bertz CT molecular complexity index is 1140. The molecular weight excluding hydrogens is 430 g/mol. The van der Waals surface area contributed by atoms with Crippen LogP contribution in [0.3, 0.4) is 0 Å². The predicted octanol–water partition coefficient (Wildman–Crippen LogP) is 5.00. The van der Waals surface area contributed by atoms with Gasteiger partial charge in [-0.25, -0.2) is 4.98 Å². The number of hydrogen-bond acceptors (Lipinski definition) is 6. The summed E-state index contributed by atoms with van der Waals surface area (Å²) in [6, 6.07) is 16.7. The predicted molar refractivity (Wildman–Crippen MR) is 139 cm³/mol. The Morgan fingerprint density at radius 3 is 2.64 bits per heavy atom. The van der Waals surface area contributed by atoms with E-state index in [-0.39, 0.29) is 5.56 Å². The Kier molecular flexibility index (Phi) is 7.40. The molecular formula is C26H33N5OS. The van der Waals surface area contributed by atoms with Crippen molar-refractivity contribution in [3.05, 3.63) is 70.0 Å². The van der Waals surface area contributed by atoms with Gasteiger partial charge in [-0.2, -0.15) is 0 Å². The molecule has 0 radical (unpaired) electrons. The zero-order chi connectivity index (χ0) is 23.4. The molecule has 33 heavy (non-hydrogen) atoms. The quantitative estimate of drug-likeness (QED) is 0.447. The van der Waals surface area contributed by atoms with Crippen molar-refractivity contribution in [2.24, 2.45) is 5.92 Å². The van der Waals surface area contributed by atoms with Gasteiger partial charge in [0.05, 0.1) is 5.69 Å². The number of benzene rings is 2. The van der Waals surface area contributed by atoms with Crippen molar-refractivity contribution in [2.45, 2.75) is 45.1 Å². The maximum Gasteiger partial charge on any atom is 0.252 e. The van der Waals surface area contributed by atoms with Gasteiger partial charge < -0.3 is 10.2 Å². The van der Waals surface area contributed by atoms with Crippen LogP contribution >= 0.6 is 11.9 Å². The maximum atomic E-state index is 12.4. The first-order chi connectivity index (χ1) is 15.9. The molecule has 1 atom stereocenters. The number of hydrogen-bond donors (Lipinski definition) is 3. The fraction of sp³-hybridized carbons (Fsp3) is 0.385. The molecule has 1 fully saturated rings. The zero-order valence-electron chi connectivity index (χ0n) is 19.8. The van der Waals surface area contributed by atoms with Gasteiger partial charge in [0.25, 0.3) is 5.56 Å². The van der Waals surface area contributed by atoms with Crippen molar-refractivity contribution in [2.75, 3.05) is 29.3 Å². The molecule has 2 heterocycles. The van der Waals surface area contributed by atoms with Gasteiger partial charge >= 0.3 is 0 Å². The van der Waals surface area contributed by atoms with E-state index in [0.717, 1.165) is 47.6 Å². The monoisotopic (exact) mass is 463 g/mol. The van der Waals surface area contributed by atoms with Crippen LogP contribution in [0.4, 0.5) is 11.6 Å². The van der Waals surface area contributed by atoms with E-state index >= 15 is 0 Å². The third kappa shape index (κ3) is 5.60. The summed E-state index contributed by atoms with van der Waals surface area (Å²) in [5.41, 5.74) is 4.96. The molecule has 4 rings (SSSR count). The summed E-state index contributed by atoms with van der Waals surface area (Å²) in [6.45, 7) is 11.8. The number of aromatic amines is 1. The van der Waals surface area contributed by atoms with Crippen molar-refractivity contribution < 1.29 is 0 Å². The van der Waals surface area contributed by atoms with Crippen LogP contribution in [-0.4, -0.2) is 35.6 Å². The first-order valence-electron chi connectivity index (χ1n) is 11.6. The number of nitrogens with zero attached hydrogens (tertiary/aromatic N) is 2. The SMILES string of the molecule is Cc1cccc(C)c1-c1cc(=O)[nH]c(NSc2cccc(N3CCCNCC3C(C)C)c2)n1. The van der Waals surface area contributed by atoms with E-state index in [2.05, 4.69) is 58.0 Å². The number of anilines is 2. The van der Waals surface area contributed by atoms with Crippen molar-refractivity contribution in [3.8, 4) is 11.3 Å². The lowest BCUT2D eigenvalue weighted by molar-refractivity contribution is 0.454. The molecule has 1 saturated heterocycles. The molecule has 1 unspecified atom stereocenters. The molecule has 3 N–H and O–H groups in total. The van der Waals surface area contributed by atoms with Crippen LogP contribution in [0.5, 0.6) is 0 Å². The maximum absolute atomic E-state index is 12.4. The van der Waals surface area contributed by atoms with E-state index in [0.29, 0.717) is 23.6 Å². The lowest BCUT2D eigenvalue weighted by Gasteiger charge is -2.34. The number of aryl methyl sites for hydroxylation is 2. The Morgan fingerprint density at radius 2 is 1.88 bits per heavy atom. The van der Waals surface area contributed by atoms with Gasteiger partial charge in [0.2, 0.25) is 5.95 Å². The second-order valence-corrected chi connectivity index (χ2v) is 9.89. The van der Waals surface area contributed by atoms with E-state index in [1.807, 2.05) is 32.0 Å². The standard InChI is InChI=1S/C26H33N5OS/c1-17(2)23-16-27-12-7-13-31(23)20-10-6-11-21(14-20)33-30-26-28-22(15-24(32)29-26)25-18(3)8-5-9-19(25)4/h5-6,8-11,14-15,17,23,27H,7,12-13,16H2,1-4H3,(H2,28,29,30,32). The van der Waals surface area contributed by atoms with Crippen LogP contribution in [0.15, 0.2) is 58.2 Å². The molecule has 1 aliphatic rings. The molecule has 0 saturated carbocycles. The minimum absolute atomic E-state index is 0.170. The number of aromatic nitrogens is 2. The summed E-state index contributed by atoms with van der Waals surface area (Å²) in [6.07, 6.45) is 1.13. The van der Waals surface area contributed by atoms with Gasteiger partial charge in [-0.05, 0) is 74.0 Å². The van der Waals surface area contributed by atoms with Crippen molar-refractivity contribution >= 4 is 23.6 Å². The summed E-state index contributed by atoms with van der Waals surface area (Å²) < 4.78 is 3.25. The van der Waals surface area contributed by atoms with Crippen LogP contribution in [0.25, 0.3) is 11.3 Å². The van der Waals surface area contributed by atoms with Crippen LogP contribution in [0.2, 0.25) is 0 Å². The normalized spacial score (nSPS) is 16.6. The van der Waals surface area contributed by atoms with Gasteiger partial charge in [-0.3, -0.25) is 14.5 Å². The summed E-state index contributed by atoms with van der Waals surface area (Å²) in [5.74, 6) is 1.02. The molecule has 0 spiro atoms. The van der Waals surface area contributed by atoms with Crippen molar-refractivity contribution in [1.82, 2.24) is 15.3 Å². The van der Waals surface area contributed by atoms with E-state index in [1.165, 1.54) is 17.6 Å². The highest BCUT2D eigenvalue weighted by molar-refractivity contribution is 8.00. The van der Waals surface area contributed by atoms with E-state index in [9.17, 15) is 4.79 Å². The molecule has 0 bridgehead atoms. The molecule has 6 nitrogen and oxygen atoms in total. The summed E-state index contributed by atoms with van der Waals surface area (Å²) in [5, 5.41) is 3.57. The van der Waals surface area contributed by atoms with Gasteiger partial charge in [0.1, 0.15) is 0 Å². The van der Waals surface area contributed by atoms with Gasteiger partial charge in [-0.1, -0.05) is 38.1 Å². The lowest BCUT2D eigenvalue weighted by atomic mass is 10.00. The first-order valence-corrected chi connectivity index (χ1v) is 12.4. The molecule has 3 aromatic rings. The summed E-state index contributed by atoms with van der Waals surface area (Å²) in [7, 11) is 0. The topological polar surface area (TPSA) is 73.1 Å². The fourth-order valence-corrected chi connectivity index (χ4v) is 5.14. The highest BCUT2D eigenvalue weighted by Gasteiger charge is 2.24. The number of H-pyrrole nitrogens is 1. The minimum atomic E-state index is -0.170. The van der Waals surface area contributed by atoms with Crippen LogP contribution < -0.4 is 20.5 Å². The third-order valence-electron chi connectivity index (χ3n) is 6.17. The molecule has 0 amide bonds. The molecule has 1 aliphatic heterocycles. The van der Waals surface area contributed by atoms with E-state index < -0.39 is 0 Å². The second kappa shape index (κ2) is 10.4. The first kappa shape index (κ1) is 23.4. The average Bonchev–Trinajstić information content (AvgIpc) is 3.04. The molecule has 7 heteroatoms. The van der Waals surface area contributed by atoms with Crippen LogP contribution in [0.1, 0.15) is 31.4 Å². The molecule has 0 aliphatic carbocycles. The van der Waals surface area contributed by atoms with Gasteiger partial charge in [-0.15, -0.1) is 0 Å². The minimum Gasteiger partial charge on any atom is -0.367 e. The second-order valence-electron chi connectivity index (χ2n) is 9.01. The van der Waals surface area contributed by atoms with Crippen LogP contribution in [0, 0.1) is 19.8 Å². The average molecular weight is 464 g/mol. The largest absolute Gasteiger partial charge is 0.367 e. The summed E-state index contributed by atoms with van der Waals surface area (Å²) in [4.78, 5) is 23.5.